The fourth-order valence-corrected chi connectivity index (χ4v) is 7.39. The van der Waals surface area contributed by atoms with Crippen LogP contribution in [0.2, 0.25) is 0 Å². The molecule has 1 aliphatic rings. The lowest BCUT2D eigenvalue weighted by Gasteiger charge is -2.34. The second-order valence-electron chi connectivity index (χ2n) is 12.3. The number of rotatable bonds is 7. The van der Waals surface area contributed by atoms with Gasteiger partial charge in [-0.1, -0.05) is 6.07 Å². The summed E-state index contributed by atoms with van der Waals surface area (Å²) in [6, 6.07) is 6.90. The van der Waals surface area contributed by atoms with E-state index in [9.17, 15) is 50.7 Å². The number of likely N-dealkylation sites (N-methyl/N-ethyl adjacent to an activating group) is 1. The summed E-state index contributed by atoms with van der Waals surface area (Å²) < 4.78 is 96.3. The minimum atomic E-state index is -5.13. The molecule has 0 aliphatic heterocycles. The first-order valence-electron chi connectivity index (χ1n) is 14.6. The Hall–Kier alpha value is -4.12. The molecular weight excluding hydrogens is 651 g/mol. The Morgan fingerprint density at radius 1 is 0.915 bits per heavy atom. The molecular formula is C33H32F7N3O3S. The molecule has 252 valence electrons. The van der Waals surface area contributed by atoms with E-state index in [4.69, 9.17) is 0 Å². The number of nitrogens with zero attached hydrogens (tertiary/aromatic N) is 3. The van der Waals surface area contributed by atoms with Gasteiger partial charge in [-0.25, -0.2) is 4.39 Å². The van der Waals surface area contributed by atoms with Crippen LogP contribution in [0.25, 0.3) is 10.4 Å². The Morgan fingerprint density at radius 2 is 1.45 bits per heavy atom. The molecule has 1 heterocycles. The number of nitriles is 1. The first-order chi connectivity index (χ1) is 21.7. The van der Waals surface area contributed by atoms with Crippen molar-refractivity contribution in [3.8, 4) is 16.5 Å². The van der Waals surface area contributed by atoms with Gasteiger partial charge in [0.1, 0.15) is 22.5 Å². The topological polar surface area (TPSA) is 84.6 Å². The summed E-state index contributed by atoms with van der Waals surface area (Å²) in [6.07, 6.45) is -8.40. The highest BCUT2D eigenvalue weighted by molar-refractivity contribution is 7.20. The number of halogens is 7. The van der Waals surface area contributed by atoms with Gasteiger partial charge in [-0.3, -0.25) is 9.59 Å². The third kappa shape index (κ3) is 7.10. The van der Waals surface area contributed by atoms with Crippen molar-refractivity contribution in [1.29, 1.82) is 5.26 Å². The van der Waals surface area contributed by atoms with E-state index in [2.05, 4.69) is 6.07 Å². The predicted molar refractivity (Wildman–Crippen MR) is 164 cm³/mol. The van der Waals surface area contributed by atoms with Crippen LogP contribution in [0.5, 0.6) is 0 Å². The molecule has 4 rings (SSSR count). The third-order valence-electron chi connectivity index (χ3n) is 8.81. The van der Waals surface area contributed by atoms with E-state index in [1.807, 2.05) is 4.90 Å². The zero-order valence-electron chi connectivity index (χ0n) is 26.1. The van der Waals surface area contributed by atoms with Crippen molar-refractivity contribution in [3.05, 3.63) is 70.0 Å². The van der Waals surface area contributed by atoms with Crippen molar-refractivity contribution in [1.82, 2.24) is 0 Å². The Bertz CT molecular complexity index is 1700. The van der Waals surface area contributed by atoms with E-state index < -0.39 is 58.1 Å². The highest BCUT2D eigenvalue weighted by Crippen LogP contribution is 2.50. The molecule has 2 aromatic carbocycles. The van der Waals surface area contributed by atoms with Gasteiger partial charge in [-0.15, -0.1) is 11.3 Å². The smallest absolute Gasteiger partial charge is 0.416 e. The summed E-state index contributed by atoms with van der Waals surface area (Å²) in [5.41, 5.74) is -4.59. The number of aryl methyl sites for hydroxylation is 1. The van der Waals surface area contributed by atoms with Crippen molar-refractivity contribution >= 4 is 33.9 Å². The highest BCUT2D eigenvalue weighted by atomic mass is 32.1. The van der Waals surface area contributed by atoms with Crippen molar-refractivity contribution in [3.63, 3.8) is 0 Å². The molecule has 1 aromatic heterocycles. The quantitative estimate of drug-likeness (QED) is 0.252. The third-order valence-corrected chi connectivity index (χ3v) is 10.1. The molecule has 0 spiro atoms. The number of thiophene rings is 1. The number of carboxylic acid groups (broad SMARTS) is 1. The Morgan fingerprint density at radius 3 is 1.91 bits per heavy atom. The minimum Gasteiger partial charge on any atom is -0.481 e. The van der Waals surface area contributed by atoms with E-state index in [0.717, 1.165) is 16.2 Å². The molecule has 47 heavy (non-hydrogen) atoms. The number of alkyl halides is 6. The lowest BCUT2D eigenvalue weighted by atomic mass is 9.81. The minimum absolute atomic E-state index is 0.0120. The molecule has 0 saturated heterocycles. The van der Waals surface area contributed by atoms with Crippen LogP contribution in [0.3, 0.4) is 0 Å². The maximum absolute atomic E-state index is 14.2. The van der Waals surface area contributed by atoms with Gasteiger partial charge >= 0.3 is 18.3 Å². The molecule has 14 heteroatoms. The molecule has 1 fully saturated rings. The number of carbonyl (C=O) groups is 2. The van der Waals surface area contributed by atoms with E-state index in [-0.39, 0.29) is 23.4 Å². The molecule has 0 bridgehead atoms. The first kappa shape index (κ1) is 35.7. The number of carbonyl (C=O) groups excluding carboxylic acids is 1. The van der Waals surface area contributed by atoms with Crippen LogP contribution in [0.15, 0.2) is 36.4 Å². The summed E-state index contributed by atoms with van der Waals surface area (Å²) in [4.78, 5) is 28.9. The van der Waals surface area contributed by atoms with Crippen molar-refractivity contribution in [2.45, 2.75) is 70.3 Å². The van der Waals surface area contributed by atoms with Crippen molar-refractivity contribution in [2.75, 3.05) is 23.9 Å². The molecule has 1 amide bonds. The van der Waals surface area contributed by atoms with Gasteiger partial charge in [0.25, 0.3) is 0 Å². The average Bonchev–Trinajstić information content (AvgIpc) is 3.38. The maximum atomic E-state index is 14.2. The fourth-order valence-electron chi connectivity index (χ4n) is 5.98. The van der Waals surface area contributed by atoms with Crippen LogP contribution in [0.1, 0.15) is 67.3 Å². The predicted octanol–water partition coefficient (Wildman–Crippen LogP) is 8.79. The molecule has 3 aromatic rings. The van der Waals surface area contributed by atoms with Crippen LogP contribution in [-0.2, 0) is 27.4 Å². The highest BCUT2D eigenvalue weighted by Gasteiger charge is 2.42. The zero-order valence-corrected chi connectivity index (χ0v) is 26.9. The molecule has 1 saturated carbocycles. The monoisotopic (exact) mass is 683 g/mol. The summed E-state index contributed by atoms with van der Waals surface area (Å²) in [7, 11) is 3.02. The lowest BCUT2D eigenvalue weighted by Crippen LogP contribution is -2.42. The largest absolute Gasteiger partial charge is 0.481 e. The number of benzene rings is 2. The normalized spacial score (nSPS) is 17.3. The molecule has 0 unspecified atom stereocenters. The maximum Gasteiger partial charge on any atom is 0.416 e. The van der Waals surface area contributed by atoms with Crippen molar-refractivity contribution in [2.24, 2.45) is 5.92 Å². The Balaban J connectivity index is 1.87. The molecule has 0 radical (unpaired) electrons. The summed E-state index contributed by atoms with van der Waals surface area (Å²) in [5.74, 6) is -2.81. The van der Waals surface area contributed by atoms with Crippen LogP contribution in [0.4, 0.5) is 41.4 Å². The van der Waals surface area contributed by atoms with Gasteiger partial charge < -0.3 is 14.9 Å². The van der Waals surface area contributed by atoms with E-state index in [1.54, 1.807) is 14.0 Å². The van der Waals surface area contributed by atoms with Crippen molar-refractivity contribution < 1.29 is 45.4 Å². The number of anilines is 2. The number of hydrogen-bond acceptors (Lipinski definition) is 5. The fraction of sp³-hybridized carbons (Fsp3) is 0.424. The standard InChI is InChI=1S/C33H32F7N3O3S/c1-17-12-22(34)8-11-24(17)27-26(25(16-41)28(47-27)42(4)23-9-6-18(7-10-23)29(44)45)43(5)30(46)31(2,3)19-13-20(32(35,36)37)15-21(14-19)33(38,39)40/h8,11-15,18,23H,6-7,9-10H2,1-5H3,(H,44,45)/t18-,23+. The van der Waals surface area contributed by atoms with Gasteiger partial charge in [0.05, 0.1) is 33.0 Å². The second kappa shape index (κ2) is 12.8. The Kier molecular flexibility index (Phi) is 9.75. The van der Waals surface area contributed by atoms with E-state index in [1.165, 1.54) is 39.1 Å². The number of hydrogen-bond donors (Lipinski definition) is 1. The van der Waals surface area contributed by atoms with Gasteiger partial charge in [0, 0.05) is 20.1 Å². The van der Waals surface area contributed by atoms with E-state index >= 15 is 0 Å². The zero-order chi connectivity index (χ0) is 35.2. The summed E-state index contributed by atoms with van der Waals surface area (Å²) in [5, 5.41) is 20.3. The summed E-state index contributed by atoms with van der Waals surface area (Å²) >= 11 is 1.13. The average molecular weight is 684 g/mol. The summed E-state index contributed by atoms with van der Waals surface area (Å²) in [6.45, 7) is 4.03. The number of carboxylic acids is 1. The second-order valence-corrected chi connectivity index (χ2v) is 13.3. The van der Waals surface area contributed by atoms with Gasteiger partial charge in [-0.2, -0.15) is 31.6 Å². The van der Waals surface area contributed by atoms with Crippen LogP contribution >= 0.6 is 11.3 Å². The molecule has 1 aliphatic carbocycles. The molecule has 1 N–H and O–H groups in total. The Labute approximate surface area is 271 Å². The van der Waals surface area contributed by atoms with Gasteiger partial charge in [0.2, 0.25) is 5.91 Å². The SMILES string of the molecule is Cc1cc(F)ccc1-c1sc(N(C)[C@H]2CC[C@@H](C(=O)O)CC2)c(C#N)c1N(C)C(=O)C(C)(C)c1cc(C(F)(F)F)cc(C(F)(F)F)c1. The number of amides is 1. The number of aliphatic carboxylic acids is 1. The van der Waals surface area contributed by atoms with E-state index in [0.29, 0.717) is 58.8 Å². The first-order valence-corrected chi connectivity index (χ1v) is 15.4. The van der Waals surface area contributed by atoms with Crippen LogP contribution < -0.4 is 9.80 Å². The van der Waals surface area contributed by atoms with Gasteiger partial charge in [-0.05, 0) is 93.5 Å². The van der Waals surface area contributed by atoms with Crippen LogP contribution in [0, 0.1) is 30.0 Å². The molecule has 0 atom stereocenters. The molecule has 6 nitrogen and oxygen atoms in total. The van der Waals surface area contributed by atoms with Gasteiger partial charge in [0.15, 0.2) is 0 Å². The lowest BCUT2D eigenvalue weighted by molar-refractivity contribution is -0.144. The van der Waals surface area contributed by atoms with Crippen LogP contribution in [-0.4, -0.2) is 37.1 Å².